The molecule has 176 valence electrons. The molecule has 0 radical (unpaired) electrons. The van der Waals surface area contributed by atoms with Crippen molar-refractivity contribution in [1.29, 1.82) is 5.39 Å². The zero-order valence-electron chi connectivity index (χ0n) is 19.2. The van der Waals surface area contributed by atoms with Crippen LogP contribution in [0.4, 0.5) is 0 Å². The molecule has 0 amide bonds. The Balaban J connectivity index is 1.83. The first-order valence-corrected chi connectivity index (χ1v) is 10.0. The van der Waals surface area contributed by atoms with E-state index in [4.69, 9.17) is 33.2 Å². The molecule has 33 heavy (non-hydrogen) atoms. The summed E-state index contributed by atoms with van der Waals surface area (Å²) in [5.74, 6) is 1.40. The molecule has 0 fully saturated rings. The second kappa shape index (κ2) is 10.7. The molecule has 10 heteroatoms. The number of benzene rings is 2. The average molecular weight is 459 g/mol. The first-order chi connectivity index (χ1) is 16.0. The standard InChI is InChI=1S/C23H26N2O8/c1-27-16-7-6-13(8-17(16)28-2)11-32-12-15-20(25-24)23(26)33-21(15)14-9-18(29-3)22(31-5)19(10-14)30-4/h6-10,15,21H,11-12H2,1-5H3/p+1/t15-,21+/m0/s1. The highest BCUT2D eigenvalue weighted by atomic mass is 16.6. The number of methoxy groups -OCH3 is 5. The van der Waals surface area contributed by atoms with E-state index in [9.17, 15) is 10.5 Å². The Morgan fingerprint density at radius 2 is 1.52 bits per heavy atom. The van der Waals surface area contributed by atoms with Crippen LogP contribution in [0.1, 0.15) is 17.2 Å². The molecule has 1 aliphatic heterocycles. The summed E-state index contributed by atoms with van der Waals surface area (Å²) in [6, 6.07) is 8.87. The molecular formula is C23H27N2O8+. The molecule has 2 atom stereocenters. The number of nitrogens with zero attached hydrogens (tertiary/aromatic N) is 2. The minimum atomic E-state index is -0.713. The van der Waals surface area contributed by atoms with Crippen LogP contribution in [0.2, 0.25) is 0 Å². The highest BCUT2D eigenvalue weighted by Gasteiger charge is 2.48. The van der Waals surface area contributed by atoms with Crippen molar-refractivity contribution >= 4 is 0 Å². The number of diazo groups is 1. The van der Waals surface area contributed by atoms with Gasteiger partial charge in [-0.2, -0.15) is 0 Å². The molecule has 10 nitrogen and oxygen atoms in total. The van der Waals surface area contributed by atoms with Crippen LogP contribution in [0.25, 0.3) is 4.98 Å². The monoisotopic (exact) mass is 459 g/mol. The molecule has 0 saturated carbocycles. The van der Waals surface area contributed by atoms with Crippen molar-refractivity contribution in [3.8, 4) is 28.7 Å². The molecule has 0 spiro atoms. The maximum atomic E-state index is 10.2. The lowest BCUT2D eigenvalue weighted by Gasteiger charge is -2.20. The third-order valence-electron chi connectivity index (χ3n) is 5.31. The molecule has 1 aliphatic rings. The number of aliphatic hydroxyl groups is 1. The molecule has 2 aromatic carbocycles. The zero-order chi connectivity index (χ0) is 24.0. The second-order valence-electron chi connectivity index (χ2n) is 7.10. The third kappa shape index (κ3) is 4.83. The van der Waals surface area contributed by atoms with E-state index >= 15 is 0 Å². The quantitative estimate of drug-likeness (QED) is 0.522. The fourth-order valence-electron chi connectivity index (χ4n) is 3.69. The van der Waals surface area contributed by atoms with Crippen LogP contribution in [0.5, 0.6) is 28.7 Å². The van der Waals surface area contributed by atoms with Crippen molar-refractivity contribution in [2.45, 2.75) is 12.7 Å². The number of rotatable bonds is 10. The van der Waals surface area contributed by atoms with E-state index in [2.05, 4.69) is 4.98 Å². The van der Waals surface area contributed by atoms with Gasteiger partial charge in [-0.1, -0.05) is 6.07 Å². The Morgan fingerprint density at radius 1 is 0.879 bits per heavy atom. The predicted octanol–water partition coefficient (Wildman–Crippen LogP) is 4.21. The number of hydrogen-bond acceptors (Lipinski definition) is 9. The van der Waals surface area contributed by atoms with E-state index in [-0.39, 0.29) is 18.9 Å². The van der Waals surface area contributed by atoms with Crippen LogP contribution < -0.4 is 23.7 Å². The lowest BCUT2D eigenvalue weighted by Crippen LogP contribution is -2.17. The van der Waals surface area contributed by atoms with E-state index in [0.717, 1.165) is 5.56 Å². The number of aliphatic hydroxyl groups excluding tert-OH is 1. The minimum absolute atomic E-state index is 0.0129. The van der Waals surface area contributed by atoms with Crippen molar-refractivity contribution in [3.63, 3.8) is 0 Å². The van der Waals surface area contributed by atoms with Gasteiger partial charge in [-0.15, -0.1) is 0 Å². The fraction of sp³-hybridized carbons (Fsp3) is 0.391. The average Bonchev–Trinajstić information content (AvgIpc) is 3.17. The zero-order valence-corrected chi connectivity index (χ0v) is 19.2. The summed E-state index contributed by atoms with van der Waals surface area (Å²) in [6.07, 6.45) is -0.713. The van der Waals surface area contributed by atoms with E-state index in [0.29, 0.717) is 34.3 Å². The van der Waals surface area contributed by atoms with Crippen LogP contribution in [-0.2, 0) is 16.1 Å². The Labute approximate surface area is 191 Å². The van der Waals surface area contributed by atoms with Gasteiger partial charge in [-0.05, 0) is 29.8 Å². The smallest absolute Gasteiger partial charge is 0.449 e. The second-order valence-corrected chi connectivity index (χ2v) is 7.10. The van der Waals surface area contributed by atoms with Gasteiger partial charge in [0.05, 0.1) is 48.8 Å². The lowest BCUT2D eigenvalue weighted by molar-refractivity contribution is 0.0108. The topological polar surface area (TPSA) is 113 Å². The summed E-state index contributed by atoms with van der Waals surface area (Å²) in [7, 11) is 7.64. The van der Waals surface area contributed by atoms with Gasteiger partial charge >= 0.3 is 11.6 Å². The Hall–Kier alpha value is -3.84. The van der Waals surface area contributed by atoms with Gasteiger partial charge in [-0.25, -0.2) is 0 Å². The molecule has 0 unspecified atom stereocenters. The number of hydrogen-bond donors (Lipinski definition) is 1. The normalized spacial score (nSPS) is 17.2. The first-order valence-electron chi connectivity index (χ1n) is 10.0. The van der Waals surface area contributed by atoms with Crippen molar-refractivity contribution in [1.82, 2.24) is 0 Å². The van der Waals surface area contributed by atoms with Crippen LogP contribution in [0, 0.1) is 11.3 Å². The Kier molecular flexibility index (Phi) is 7.69. The van der Waals surface area contributed by atoms with Gasteiger partial charge in [0.2, 0.25) is 11.1 Å². The summed E-state index contributed by atoms with van der Waals surface area (Å²) in [4.78, 5) is 3.22. The fourth-order valence-corrected chi connectivity index (χ4v) is 3.69. The van der Waals surface area contributed by atoms with Crippen molar-refractivity contribution in [2.75, 3.05) is 42.2 Å². The van der Waals surface area contributed by atoms with Gasteiger partial charge in [-0.3, -0.25) is 0 Å². The first kappa shape index (κ1) is 23.8. The number of ether oxygens (including phenoxy) is 7. The summed E-state index contributed by atoms with van der Waals surface area (Å²) in [5, 5.41) is 19.7. The minimum Gasteiger partial charge on any atom is -0.493 e. The molecule has 0 aliphatic carbocycles. The maximum Gasteiger partial charge on any atom is 0.449 e. The van der Waals surface area contributed by atoms with Crippen LogP contribution in [-0.4, -0.2) is 47.3 Å². The van der Waals surface area contributed by atoms with Crippen LogP contribution in [0.3, 0.4) is 0 Å². The summed E-state index contributed by atoms with van der Waals surface area (Å²) >= 11 is 0. The lowest BCUT2D eigenvalue weighted by atomic mass is 9.94. The van der Waals surface area contributed by atoms with Crippen LogP contribution >= 0.6 is 0 Å². The predicted molar refractivity (Wildman–Crippen MR) is 117 cm³/mol. The molecule has 1 heterocycles. The molecule has 3 rings (SSSR count). The third-order valence-corrected chi connectivity index (χ3v) is 5.31. The maximum absolute atomic E-state index is 10.2. The van der Waals surface area contributed by atoms with E-state index in [1.807, 2.05) is 12.1 Å². The highest BCUT2D eigenvalue weighted by molar-refractivity contribution is 5.55. The van der Waals surface area contributed by atoms with Crippen molar-refractivity contribution in [3.05, 3.63) is 58.1 Å². The molecular weight excluding hydrogens is 432 g/mol. The SMILES string of the molecule is COc1ccc(COC[C@H]2C([N+]#N)=C(O)O[C@@H]2c2cc(OC)c(OC)c(OC)c2)cc1OC. The molecule has 0 saturated heterocycles. The molecule has 1 N–H and O–H groups in total. The van der Waals surface area contributed by atoms with Crippen molar-refractivity contribution < 1.29 is 38.3 Å². The summed E-state index contributed by atoms with van der Waals surface area (Å²) in [5.41, 5.74) is 1.46. The van der Waals surface area contributed by atoms with E-state index < -0.39 is 18.0 Å². The van der Waals surface area contributed by atoms with Crippen LogP contribution in [0.15, 0.2) is 42.0 Å². The largest absolute Gasteiger partial charge is 0.493 e. The van der Waals surface area contributed by atoms with Gasteiger partial charge < -0.3 is 38.3 Å². The molecule has 2 aromatic rings. The van der Waals surface area contributed by atoms with Gasteiger partial charge in [0.15, 0.2) is 28.0 Å². The molecule has 0 aromatic heterocycles. The van der Waals surface area contributed by atoms with E-state index in [1.54, 1.807) is 32.4 Å². The van der Waals surface area contributed by atoms with Gasteiger partial charge in [0.1, 0.15) is 12.0 Å². The van der Waals surface area contributed by atoms with Gasteiger partial charge in [0.25, 0.3) is 0 Å². The highest BCUT2D eigenvalue weighted by Crippen LogP contribution is 2.46. The summed E-state index contributed by atoms with van der Waals surface area (Å²) < 4.78 is 38.3. The van der Waals surface area contributed by atoms with Gasteiger partial charge in [0, 0.05) is 5.56 Å². The van der Waals surface area contributed by atoms with Crippen molar-refractivity contribution in [2.24, 2.45) is 5.92 Å². The summed E-state index contributed by atoms with van der Waals surface area (Å²) in [6.45, 7) is 0.345. The molecule has 0 bridgehead atoms. The Morgan fingerprint density at radius 3 is 2.06 bits per heavy atom. The Bertz CT molecular complexity index is 1040. The van der Waals surface area contributed by atoms with E-state index in [1.165, 1.54) is 21.3 Å².